The number of pyridine rings is 1. The van der Waals surface area contributed by atoms with Crippen molar-refractivity contribution in [3.8, 4) is 0 Å². The Hall–Kier alpha value is 0.0269. The Morgan fingerprint density at radius 1 is 1.42 bits per heavy atom. The molecule has 0 aliphatic rings. The van der Waals surface area contributed by atoms with Gasteiger partial charge in [0.2, 0.25) is 0 Å². The van der Waals surface area contributed by atoms with Gasteiger partial charge >= 0.3 is 0 Å². The Bertz CT molecular complexity index is 296. The predicted octanol–water partition coefficient (Wildman–Crippen LogP) is 2.37. The second-order valence-electron chi connectivity index (χ2n) is 3.71. The summed E-state index contributed by atoms with van der Waals surface area (Å²) in [5, 5.41) is 0.675. The highest BCUT2D eigenvalue weighted by Crippen LogP contribution is 2.10. The third-order valence-corrected chi connectivity index (χ3v) is 4.16. The Morgan fingerprint density at radius 3 is 2.42 bits per heavy atom. The number of hydrogen-bond donors (Lipinski definition) is 0. The molecule has 0 saturated heterocycles. The van der Waals surface area contributed by atoms with Crippen LogP contribution in [-0.4, -0.2) is 13.1 Å². The maximum Gasteiger partial charge on any atom is 0.153 e. The molecule has 0 saturated carbocycles. The normalized spacial score (nSPS) is 11.8. The lowest BCUT2D eigenvalue weighted by molar-refractivity contribution is 0.623. The van der Waals surface area contributed by atoms with Crippen LogP contribution >= 0.6 is 22.6 Å². The highest BCUT2D eigenvalue weighted by atomic mass is 127. The molecule has 0 N–H and O–H groups in total. The fourth-order valence-electron chi connectivity index (χ4n) is 0.943. The van der Waals surface area contributed by atoms with E-state index in [1.165, 1.54) is 0 Å². The van der Waals surface area contributed by atoms with Gasteiger partial charge < -0.3 is 0 Å². The molecule has 0 amide bonds. The SMILES string of the molecule is C[Si](C)(C)c1nccc(I)c1F. The van der Waals surface area contributed by atoms with E-state index in [2.05, 4.69) is 24.6 Å². The molecule has 1 aromatic rings. The molecule has 0 atom stereocenters. The van der Waals surface area contributed by atoms with E-state index in [4.69, 9.17) is 0 Å². The van der Waals surface area contributed by atoms with Crippen molar-refractivity contribution in [3.63, 3.8) is 0 Å². The summed E-state index contributed by atoms with van der Waals surface area (Å²) >= 11 is 2.00. The van der Waals surface area contributed by atoms with Gasteiger partial charge in [0, 0.05) is 6.20 Å². The third kappa shape index (κ3) is 2.04. The zero-order valence-electron chi connectivity index (χ0n) is 7.36. The summed E-state index contributed by atoms with van der Waals surface area (Å²) in [5.41, 5.74) is 0. The maximum atomic E-state index is 13.5. The van der Waals surface area contributed by atoms with Gasteiger partial charge in [-0.2, -0.15) is 0 Å². The second-order valence-corrected chi connectivity index (χ2v) is 9.84. The van der Waals surface area contributed by atoms with E-state index >= 15 is 0 Å². The Morgan fingerprint density at radius 2 is 2.00 bits per heavy atom. The summed E-state index contributed by atoms with van der Waals surface area (Å²) in [5.74, 6) is -0.128. The van der Waals surface area contributed by atoms with Crippen molar-refractivity contribution in [2.45, 2.75) is 19.6 Å². The molecular weight excluding hydrogens is 284 g/mol. The molecule has 0 unspecified atom stereocenters. The lowest BCUT2D eigenvalue weighted by Gasteiger charge is -2.15. The van der Waals surface area contributed by atoms with Gasteiger partial charge in [-0.1, -0.05) is 19.6 Å². The fraction of sp³-hybridized carbons (Fsp3) is 0.375. The van der Waals surface area contributed by atoms with Gasteiger partial charge in [-0.3, -0.25) is 4.98 Å². The summed E-state index contributed by atoms with van der Waals surface area (Å²) in [4.78, 5) is 4.09. The summed E-state index contributed by atoms with van der Waals surface area (Å²) in [6.45, 7) is 6.28. The van der Waals surface area contributed by atoms with E-state index < -0.39 is 8.07 Å². The van der Waals surface area contributed by atoms with Crippen molar-refractivity contribution in [2.24, 2.45) is 0 Å². The predicted molar refractivity (Wildman–Crippen MR) is 59.9 cm³/mol. The molecule has 0 bridgehead atoms. The van der Waals surface area contributed by atoms with Crippen LogP contribution in [0.1, 0.15) is 0 Å². The first-order valence-electron chi connectivity index (χ1n) is 3.73. The summed E-state index contributed by atoms with van der Waals surface area (Å²) in [7, 11) is -1.60. The standard InChI is InChI=1S/C8H11FINSi/c1-12(2,3)8-7(9)6(10)4-5-11-8/h4-5H,1-3H3. The highest BCUT2D eigenvalue weighted by molar-refractivity contribution is 14.1. The van der Waals surface area contributed by atoms with E-state index in [1.807, 2.05) is 22.6 Å². The first kappa shape index (κ1) is 10.1. The van der Waals surface area contributed by atoms with Crippen LogP contribution in [0.2, 0.25) is 19.6 Å². The highest BCUT2D eigenvalue weighted by Gasteiger charge is 2.23. The number of halogens is 2. The number of aromatic nitrogens is 1. The zero-order valence-corrected chi connectivity index (χ0v) is 10.5. The first-order chi connectivity index (χ1) is 5.43. The van der Waals surface area contributed by atoms with Gasteiger partial charge in [0.1, 0.15) is 8.07 Å². The van der Waals surface area contributed by atoms with E-state index in [1.54, 1.807) is 12.3 Å². The van der Waals surface area contributed by atoms with Crippen LogP contribution in [0.5, 0.6) is 0 Å². The molecule has 0 aliphatic heterocycles. The molecule has 0 aromatic carbocycles. The second kappa shape index (κ2) is 3.41. The molecule has 1 rings (SSSR count). The van der Waals surface area contributed by atoms with Crippen molar-refractivity contribution in [1.82, 2.24) is 4.98 Å². The van der Waals surface area contributed by atoms with Crippen LogP contribution in [0.3, 0.4) is 0 Å². The van der Waals surface area contributed by atoms with E-state index in [0.717, 1.165) is 0 Å². The lowest BCUT2D eigenvalue weighted by Crippen LogP contribution is -2.42. The minimum absolute atomic E-state index is 0.128. The largest absolute Gasteiger partial charge is 0.263 e. The van der Waals surface area contributed by atoms with E-state index in [0.29, 0.717) is 8.89 Å². The molecule has 0 fully saturated rings. The molecule has 66 valence electrons. The average molecular weight is 295 g/mol. The monoisotopic (exact) mass is 295 g/mol. The minimum atomic E-state index is -1.60. The van der Waals surface area contributed by atoms with Gasteiger partial charge in [-0.25, -0.2) is 4.39 Å². The van der Waals surface area contributed by atoms with E-state index in [-0.39, 0.29) is 5.82 Å². The molecule has 1 aromatic heterocycles. The topological polar surface area (TPSA) is 12.9 Å². The van der Waals surface area contributed by atoms with Crippen molar-refractivity contribution in [1.29, 1.82) is 0 Å². The van der Waals surface area contributed by atoms with Gasteiger partial charge in [0.15, 0.2) is 5.82 Å². The van der Waals surface area contributed by atoms with Gasteiger partial charge in [0.25, 0.3) is 0 Å². The van der Waals surface area contributed by atoms with Crippen LogP contribution in [0.25, 0.3) is 0 Å². The molecular formula is C8H11FINSi. The summed E-state index contributed by atoms with van der Waals surface area (Å²) in [6.07, 6.45) is 1.68. The molecule has 12 heavy (non-hydrogen) atoms. The van der Waals surface area contributed by atoms with Crippen molar-refractivity contribution >= 4 is 36.0 Å². The quantitative estimate of drug-likeness (QED) is 0.572. The number of hydrogen-bond acceptors (Lipinski definition) is 1. The van der Waals surface area contributed by atoms with Crippen LogP contribution in [-0.2, 0) is 0 Å². The van der Waals surface area contributed by atoms with Crippen molar-refractivity contribution < 1.29 is 4.39 Å². The maximum absolute atomic E-state index is 13.5. The van der Waals surface area contributed by atoms with Crippen LogP contribution in [0, 0.1) is 9.39 Å². The fourth-order valence-corrected chi connectivity index (χ4v) is 2.87. The zero-order chi connectivity index (χ0) is 9.35. The molecule has 1 nitrogen and oxygen atoms in total. The average Bonchev–Trinajstić information content (AvgIpc) is 1.92. The summed E-state index contributed by atoms with van der Waals surface area (Å²) < 4.78 is 14.1. The minimum Gasteiger partial charge on any atom is -0.263 e. The van der Waals surface area contributed by atoms with Gasteiger partial charge in [0.05, 0.1) is 8.89 Å². The third-order valence-electron chi connectivity index (χ3n) is 1.55. The molecule has 4 heteroatoms. The van der Waals surface area contributed by atoms with Crippen molar-refractivity contribution in [2.75, 3.05) is 0 Å². The molecule has 1 heterocycles. The number of rotatable bonds is 1. The Labute approximate surface area is 86.6 Å². The smallest absolute Gasteiger partial charge is 0.153 e. The van der Waals surface area contributed by atoms with Gasteiger partial charge in [-0.15, -0.1) is 0 Å². The van der Waals surface area contributed by atoms with Crippen LogP contribution in [0.4, 0.5) is 4.39 Å². The van der Waals surface area contributed by atoms with Crippen LogP contribution < -0.4 is 5.32 Å². The molecule has 0 radical (unpaired) electrons. The molecule has 0 aliphatic carbocycles. The lowest BCUT2D eigenvalue weighted by atomic mass is 10.5. The Balaban J connectivity index is 3.26. The first-order valence-corrected chi connectivity index (χ1v) is 8.31. The Kier molecular flexibility index (Phi) is 2.87. The molecule has 0 spiro atoms. The summed E-state index contributed by atoms with van der Waals surface area (Å²) in [6, 6.07) is 1.69. The van der Waals surface area contributed by atoms with Crippen LogP contribution in [0.15, 0.2) is 12.3 Å². The van der Waals surface area contributed by atoms with Gasteiger partial charge in [-0.05, 0) is 28.7 Å². The van der Waals surface area contributed by atoms with Crippen molar-refractivity contribution in [3.05, 3.63) is 21.7 Å². The van der Waals surface area contributed by atoms with E-state index in [9.17, 15) is 4.39 Å². The number of nitrogens with zero attached hydrogens (tertiary/aromatic N) is 1.